The van der Waals surface area contributed by atoms with Crippen LogP contribution < -0.4 is 18.9 Å². The second kappa shape index (κ2) is 23.1. The zero-order valence-electron chi connectivity index (χ0n) is 14.2. The monoisotopic (exact) mass is 382 g/mol. The largest absolute Gasteiger partial charge is 1.00 e. The molecule has 0 fully saturated rings. The van der Waals surface area contributed by atoms with Crippen molar-refractivity contribution < 1.29 is 79.1 Å². The molecular weight excluding hydrogens is 362 g/mol. The summed E-state index contributed by atoms with van der Waals surface area (Å²) in [4.78, 5) is 0. The van der Waals surface area contributed by atoms with Crippen LogP contribution in [0.3, 0.4) is 0 Å². The first-order valence-electron chi connectivity index (χ1n) is 6.42. The molecule has 27 heavy (non-hydrogen) atoms. The Hall–Kier alpha value is -0.923. The van der Waals surface area contributed by atoms with Crippen LogP contribution in [0.15, 0.2) is 42.5 Å². The van der Waals surface area contributed by atoms with Crippen molar-refractivity contribution in [3.63, 3.8) is 0 Å². The third-order valence-electron chi connectivity index (χ3n) is 1.57. The van der Waals surface area contributed by atoms with Gasteiger partial charge in [-0.2, -0.15) is 0 Å². The van der Waals surface area contributed by atoms with Crippen LogP contribution in [0.1, 0.15) is 0 Å². The standard InChI is InChI=1S/C10H7.4BH3O3.Li/c1-2-6-10-8-4-3-7-9(10)5-1;4*2-1(3)4;/h1-7H;4*2-4H;/q-1;;;;;+1. The zero-order chi connectivity index (χ0) is 21.1. The summed E-state index contributed by atoms with van der Waals surface area (Å²) >= 11 is 0. The topological polar surface area (TPSA) is 243 Å². The molecule has 0 unspecified atom stereocenters. The molecule has 0 saturated heterocycles. The Labute approximate surface area is 168 Å². The molecule has 0 radical (unpaired) electrons. The molecule has 144 valence electrons. The van der Waals surface area contributed by atoms with Gasteiger partial charge in [0, 0.05) is 0 Å². The van der Waals surface area contributed by atoms with Gasteiger partial charge >= 0.3 is 48.1 Å². The van der Waals surface area contributed by atoms with Crippen molar-refractivity contribution in [3.8, 4) is 0 Å². The minimum Gasteiger partial charge on any atom is -0.402 e. The van der Waals surface area contributed by atoms with E-state index in [2.05, 4.69) is 24.3 Å². The molecule has 0 aliphatic carbocycles. The molecular formula is C10H19B4LiO12. The molecule has 17 heteroatoms. The summed E-state index contributed by atoms with van der Waals surface area (Å²) in [6.07, 6.45) is 0. The van der Waals surface area contributed by atoms with E-state index in [-0.39, 0.29) is 18.9 Å². The molecule has 0 bridgehead atoms. The third-order valence-corrected chi connectivity index (χ3v) is 1.57. The van der Waals surface area contributed by atoms with Crippen molar-refractivity contribution in [2.24, 2.45) is 0 Å². The van der Waals surface area contributed by atoms with E-state index in [1.165, 1.54) is 10.8 Å². The Bertz CT molecular complexity index is 436. The van der Waals surface area contributed by atoms with Crippen LogP contribution in [-0.2, 0) is 0 Å². The predicted octanol–water partition coefficient (Wildman–Crippen LogP) is -8.56. The number of fused-ring (bicyclic) bond motifs is 1. The summed E-state index contributed by atoms with van der Waals surface area (Å²) < 4.78 is 0. The molecule has 0 aromatic heterocycles. The minimum atomic E-state index is -2.17. The summed E-state index contributed by atoms with van der Waals surface area (Å²) in [6.45, 7) is 0. The van der Waals surface area contributed by atoms with Crippen molar-refractivity contribution in [3.05, 3.63) is 48.5 Å². The van der Waals surface area contributed by atoms with E-state index < -0.39 is 29.3 Å². The van der Waals surface area contributed by atoms with Crippen LogP contribution in [0, 0.1) is 6.07 Å². The molecule has 2 rings (SSSR count). The van der Waals surface area contributed by atoms with Crippen LogP contribution in [0.5, 0.6) is 0 Å². The van der Waals surface area contributed by atoms with Gasteiger partial charge in [-0.3, -0.25) is 0 Å². The van der Waals surface area contributed by atoms with Gasteiger partial charge in [-0.1, -0.05) is 12.1 Å². The molecule has 0 atom stereocenters. The van der Waals surface area contributed by atoms with Gasteiger partial charge in [-0.15, -0.1) is 47.2 Å². The molecule has 0 aliphatic heterocycles. The maximum absolute atomic E-state index is 7.17. The summed E-state index contributed by atoms with van der Waals surface area (Å²) in [7, 11) is -8.67. The number of hydrogen-bond acceptors (Lipinski definition) is 12. The quantitative estimate of drug-likeness (QED) is 0.150. The fourth-order valence-electron chi connectivity index (χ4n) is 1.06. The van der Waals surface area contributed by atoms with Crippen LogP contribution in [-0.4, -0.2) is 89.6 Å². The van der Waals surface area contributed by atoms with E-state index in [1.807, 2.05) is 24.3 Å². The Kier molecular flexibility index (Phi) is 28.8. The van der Waals surface area contributed by atoms with Crippen LogP contribution in [0.2, 0.25) is 0 Å². The van der Waals surface area contributed by atoms with Crippen molar-refractivity contribution in [2.45, 2.75) is 0 Å². The Morgan fingerprint density at radius 3 is 1.15 bits per heavy atom. The average Bonchev–Trinajstić information content (AvgIpc) is 2.45. The second-order valence-corrected chi connectivity index (χ2v) is 3.64. The predicted molar refractivity (Wildman–Crippen MR) is 92.4 cm³/mol. The van der Waals surface area contributed by atoms with E-state index in [0.717, 1.165) is 0 Å². The van der Waals surface area contributed by atoms with Crippen LogP contribution >= 0.6 is 0 Å². The molecule has 2 aromatic rings. The fourth-order valence-corrected chi connectivity index (χ4v) is 1.06. The van der Waals surface area contributed by atoms with Gasteiger partial charge in [0.25, 0.3) is 0 Å². The zero-order valence-corrected chi connectivity index (χ0v) is 14.2. The van der Waals surface area contributed by atoms with Crippen molar-refractivity contribution in [1.29, 1.82) is 0 Å². The molecule has 0 aliphatic rings. The van der Waals surface area contributed by atoms with Crippen LogP contribution in [0.25, 0.3) is 10.8 Å². The number of rotatable bonds is 0. The summed E-state index contributed by atoms with van der Waals surface area (Å²) in [6, 6.07) is 17.4. The first-order valence-corrected chi connectivity index (χ1v) is 6.42. The number of benzene rings is 2. The smallest absolute Gasteiger partial charge is 0.402 e. The van der Waals surface area contributed by atoms with E-state index >= 15 is 0 Å². The van der Waals surface area contributed by atoms with Crippen molar-refractivity contribution in [1.82, 2.24) is 0 Å². The molecule has 0 spiro atoms. The van der Waals surface area contributed by atoms with Gasteiger partial charge in [-0.25, -0.2) is 0 Å². The van der Waals surface area contributed by atoms with Crippen molar-refractivity contribution in [2.75, 3.05) is 0 Å². The fraction of sp³-hybridized carbons (Fsp3) is 0. The van der Waals surface area contributed by atoms with E-state index in [0.29, 0.717) is 0 Å². The Morgan fingerprint density at radius 1 is 0.519 bits per heavy atom. The molecule has 12 nitrogen and oxygen atoms in total. The third kappa shape index (κ3) is 45.8. The van der Waals surface area contributed by atoms with Gasteiger partial charge in [0.1, 0.15) is 0 Å². The first-order chi connectivity index (χ1) is 11.9. The van der Waals surface area contributed by atoms with Crippen molar-refractivity contribution >= 4 is 40.1 Å². The van der Waals surface area contributed by atoms with Gasteiger partial charge in [-0.05, 0) is 0 Å². The normalized spacial score (nSPS) is 7.70. The Morgan fingerprint density at radius 2 is 0.815 bits per heavy atom. The summed E-state index contributed by atoms with van der Waals surface area (Å²) in [5.41, 5.74) is 0. The second-order valence-electron chi connectivity index (χ2n) is 3.64. The first kappa shape index (κ1) is 33.6. The maximum Gasteiger partial charge on any atom is 1.00 e. The molecule has 0 amide bonds. The summed E-state index contributed by atoms with van der Waals surface area (Å²) in [5, 5.41) is 88.4. The molecule has 2 aromatic carbocycles. The maximum atomic E-state index is 7.17. The summed E-state index contributed by atoms with van der Waals surface area (Å²) in [5.74, 6) is 0. The minimum absolute atomic E-state index is 0. The molecule has 0 heterocycles. The molecule has 0 saturated carbocycles. The van der Waals surface area contributed by atoms with Crippen LogP contribution in [0.4, 0.5) is 0 Å². The van der Waals surface area contributed by atoms with E-state index in [9.17, 15) is 0 Å². The van der Waals surface area contributed by atoms with Gasteiger partial charge in [0.2, 0.25) is 0 Å². The van der Waals surface area contributed by atoms with Gasteiger partial charge < -0.3 is 60.3 Å². The van der Waals surface area contributed by atoms with E-state index in [1.54, 1.807) is 0 Å². The Balaban J connectivity index is -0.000000134. The average molecular weight is 381 g/mol. The molecule has 12 N–H and O–H groups in total. The van der Waals surface area contributed by atoms with Gasteiger partial charge in [0.15, 0.2) is 0 Å². The van der Waals surface area contributed by atoms with E-state index in [4.69, 9.17) is 60.3 Å². The van der Waals surface area contributed by atoms with Gasteiger partial charge in [0.05, 0.1) is 0 Å². The SMILES string of the molecule is OB(O)O.OB(O)O.OB(O)O.OB(O)O.[Li+].[c-]1cccc2ccccc12. The number of hydrogen-bond donors (Lipinski definition) is 12.